The highest BCUT2D eigenvalue weighted by Gasteiger charge is 2.20. The van der Waals surface area contributed by atoms with E-state index in [1.54, 1.807) is 18.2 Å². The molecule has 0 saturated heterocycles. The second-order valence-electron chi connectivity index (χ2n) is 5.70. The minimum absolute atomic E-state index is 0.00535. The molecule has 0 aliphatic carbocycles. The zero-order valence-electron chi connectivity index (χ0n) is 14.4. The molecular weight excluding hydrogens is 358 g/mol. The first-order valence-electron chi connectivity index (χ1n) is 7.58. The van der Waals surface area contributed by atoms with E-state index in [1.807, 2.05) is 0 Å². The lowest BCUT2D eigenvalue weighted by molar-refractivity contribution is 0.355. The van der Waals surface area contributed by atoms with Gasteiger partial charge in [0, 0.05) is 17.9 Å². The molecule has 0 unspecified atom stereocenters. The Kier molecular flexibility index (Phi) is 4.37. The monoisotopic (exact) mass is 375 g/mol. The van der Waals surface area contributed by atoms with Gasteiger partial charge >= 0.3 is 0 Å². The Morgan fingerprint density at radius 1 is 1.04 bits per heavy atom. The van der Waals surface area contributed by atoms with Crippen molar-refractivity contribution >= 4 is 20.7 Å². The van der Waals surface area contributed by atoms with Crippen LogP contribution in [0.5, 0.6) is 17.2 Å². The number of aromatic amines is 1. The zero-order valence-corrected chi connectivity index (χ0v) is 15.2. The summed E-state index contributed by atoms with van der Waals surface area (Å²) in [5, 5.41) is 10.6. The van der Waals surface area contributed by atoms with Gasteiger partial charge in [0.15, 0.2) is 27.1 Å². The predicted molar refractivity (Wildman–Crippen MR) is 97.9 cm³/mol. The standard InChI is InChI=1S/C18H17NO6S/c1-24-13-8-11-12(9-14(13)25-2)19-16(18(21)17(11)20)10-6-4-5-7-15(10)26(3,22)23/h4-9,21H,1-3H3,(H,19,20). The third-order valence-corrected chi connectivity index (χ3v) is 5.19. The highest BCUT2D eigenvalue weighted by Crippen LogP contribution is 2.35. The molecule has 3 aromatic rings. The Balaban J connectivity index is 2.40. The molecule has 0 aliphatic heterocycles. The molecule has 2 aromatic carbocycles. The lowest BCUT2D eigenvalue weighted by Crippen LogP contribution is -2.08. The van der Waals surface area contributed by atoms with Crippen LogP contribution in [-0.2, 0) is 9.84 Å². The van der Waals surface area contributed by atoms with Gasteiger partial charge in [-0.1, -0.05) is 18.2 Å². The smallest absolute Gasteiger partial charge is 0.231 e. The van der Waals surface area contributed by atoms with Gasteiger partial charge in [-0.2, -0.15) is 0 Å². The van der Waals surface area contributed by atoms with Gasteiger partial charge in [0.25, 0.3) is 0 Å². The maximum absolute atomic E-state index is 12.6. The predicted octanol–water partition coefficient (Wildman–Crippen LogP) is 2.32. The fourth-order valence-corrected chi connectivity index (χ4v) is 3.69. The number of H-pyrrole nitrogens is 1. The fraction of sp³-hybridized carbons (Fsp3) is 0.167. The second-order valence-corrected chi connectivity index (χ2v) is 7.68. The van der Waals surface area contributed by atoms with E-state index in [4.69, 9.17) is 9.47 Å². The topological polar surface area (TPSA) is 106 Å². The maximum atomic E-state index is 12.6. The molecule has 136 valence electrons. The number of fused-ring (bicyclic) bond motifs is 1. The number of nitrogens with one attached hydrogen (secondary N) is 1. The summed E-state index contributed by atoms with van der Waals surface area (Å²) in [7, 11) is -0.667. The van der Waals surface area contributed by atoms with Crippen LogP contribution in [0, 0.1) is 0 Å². The Bertz CT molecular complexity index is 1160. The van der Waals surface area contributed by atoms with Crippen molar-refractivity contribution in [3.63, 3.8) is 0 Å². The minimum atomic E-state index is -3.57. The Morgan fingerprint density at radius 3 is 2.27 bits per heavy atom. The van der Waals surface area contributed by atoms with Gasteiger partial charge in [-0.25, -0.2) is 8.42 Å². The molecule has 26 heavy (non-hydrogen) atoms. The molecule has 1 heterocycles. The summed E-state index contributed by atoms with van der Waals surface area (Å²) in [5.74, 6) is 0.165. The number of aromatic hydroxyl groups is 1. The van der Waals surface area contributed by atoms with Gasteiger partial charge in [-0.05, 0) is 12.1 Å². The SMILES string of the molecule is COc1cc2[nH]c(-c3ccccc3S(C)(=O)=O)c(O)c(=O)c2cc1OC. The van der Waals surface area contributed by atoms with Crippen molar-refractivity contribution in [1.29, 1.82) is 0 Å². The molecule has 8 heteroatoms. The minimum Gasteiger partial charge on any atom is -0.503 e. The highest BCUT2D eigenvalue weighted by atomic mass is 32.2. The molecule has 2 N–H and O–H groups in total. The van der Waals surface area contributed by atoms with Gasteiger partial charge in [-0.15, -0.1) is 0 Å². The average Bonchev–Trinajstić information content (AvgIpc) is 2.63. The quantitative estimate of drug-likeness (QED) is 0.725. The van der Waals surface area contributed by atoms with Crippen LogP contribution in [0.3, 0.4) is 0 Å². The first kappa shape index (κ1) is 17.8. The summed E-state index contributed by atoms with van der Waals surface area (Å²) in [5.41, 5.74) is -0.0289. The summed E-state index contributed by atoms with van der Waals surface area (Å²) < 4.78 is 34.5. The summed E-state index contributed by atoms with van der Waals surface area (Å²) >= 11 is 0. The van der Waals surface area contributed by atoms with E-state index in [-0.39, 0.29) is 21.5 Å². The van der Waals surface area contributed by atoms with E-state index in [1.165, 1.54) is 32.4 Å². The molecule has 3 rings (SSSR count). The summed E-state index contributed by atoms with van der Waals surface area (Å²) in [4.78, 5) is 15.6. The maximum Gasteiger partial charge on any atom is 0.231 e. The molecule has 0 amide bonds. The van der Waals surface area contributed by atoms with E-state index in [0.29, 0.717) is 17.0 Å². The van der Waals surface area contributed by atoms with Crippen LogP contribution in [0.2, 0.25) is 0 Å². The lowest BCUT2D eigenvalue weighted by Gasteiger charge is -2.13. The Hall–Kier alpha value is -3.00. The number of ether oxygens (including phenoxy) is 2. The van der Waals surface area contributed by atoms with E-state index >= 15 is 0 Å². The first-order chi connectivity index (χ1) is 12.3. The van der Waals surface area contributed by atoms with Crippen molar-refractivity contribution in [2.45, 2.75) is 4.90 Å². The van der Waals surface area contributed by atoms with Crippen molar-refractivity contribution in [1.82, 2.24) is 4.98 Å². The molecule has 0 fully saturated rings. The Morgan fingerprint density at radius 2 is 1.65 bits per heavy atom. The summed E-state index contributed by atoms with van der Waals surface area (Å²) in [6.45, 7) is 0. The number of hydrogen-bond acceptors (Lipinski definition) is 6. The second kappa shape index (κ2) is 6.38. The van der Waals surface area contributed by atoms with Crippen molar-refractivity contribution in [2.24, 2.45) is 0 Å². The van der Waals surface area contributed by atoms with Gasteiger partial charge in [0.1, 0.15) is 0 Å². The summed E-state index contributed by atoms with van der Waals surface area (Å²) in [6, 6.07) is 9.15. The van der Waals surface area contributed by atoms with E-state index in [9.17, 15) is 18.3 Å². The van der Waals surface area contributed by atoms with Crippen LogP contribution in [0.25, 0.3) is 22.2 Å². The molecule has 7 nitrogen and oxygen atoms in total. The van der Waals surface area contributed by atoms with Crippen LogP contribution in [0.15, 0.2) is 46.1 Å². The van der Waals surface area contributed by atoms with Crippen LogP contribution in [0.4, 0.5) is 0 Å². The molecule has 0 bridgehead atoms. The molecule has 0 aliphatic rings. The number of rotatable bonds is 4. The van der Waals surface area contributed by atoms with Gasteiger partial charge in [0.2, 0.25) is 5.43 Å². The van der Waals surface area contributed by atoms with Crippen molar-refractivity contribution in [2.75, 3.05) is 20.5 Å². The van der Waals surface area contributed by atoms with Crippen molar-refractivity contribution in [3.8, 4) is 28.5 Å². The fourth-order valence-electron chi connectivity index (χ4n) is 2.80. The lowest BCUT2D eigenvalue weighted by atomic mass is 10.1. The molecule has 0 spiro atoms. The number of pyridine rings is 1. The molecule has 0 radical (unpaired) electrons. The van der Waals surface area contributed by atoms with E-state index in [2.05, 4.69) is 4.98 Å². The van der Waals surface area contributed by atoms with Gasteiger partial charge in [0.05, 0.1) is 35.7 Å². The third kappa shape index (κ3) is 2.88. The number of methoxy groups -OCH3 is 2. The molecule has 0 saturated carbocycles. The Labute approximate surface area is 149 Å². The largest absolute Gasteiger partial charge is 0.503 e. The van der Waals surface area contributed by atoms with Gasteiger partial charge < -0.3 is 19.6 Å². The molecule has 0 atom stereocenters. The highest BCUT2D eigenvalue weighted by molar-refractivity contribution is 7.90. The zero-order chi connectivity index (χ0) is 19.1. The van der Waals surface area contributed by atoms with Gasteiger partial charge in [-0.3, -0.25) is 4.79 Å². The van der Waals surface area contributed by atoms with Crippen LogP contribution in [0.1, 0.15) is 0 Å². The number of aromatic nitrogens is 1. The van der Waals surface area contributed by atoms with Crippen molar-refractivity contribution in [3.05, 3.63) is 46.6 Å². The van der Waals surface area contributed by atoms with Crippen LogP contribution in [-0.4, -0.2) is 39.0 Å². The third-order valence-electron chi connectivity index (χ3n) is 4.04. The van der Waals surface area contributed by atoms with Crippen LogP contribution < -0.4 is 14.9 Å². The van der Waals surface area contributed by atoms with E-state index < -0.39 is 21.0 Å². The van der Waals surface area contributed by atoms with Crippen molar-refractivity contribution < 1.29 is 23.0 Å². The molecule has 1 aromatic heterocycles. The number of hydrogen-bond donors (Lipinski definition) is 2. The first-order valence-corrected chi connectivity index (χ1v) is 9.47. The summed E-state index contributed by atoms with van der Waals surface area (Å²) in [6.07, 6.45) is 1.07. The van der Waals surface area contributed by atoms with Crippen LogP contribution >= 0.6 is 0 Å². The average molecular weight is 375 g/mol. The molecular formula is C18H17NO6S. The number of sulfone groups is 1. The van der Waals surface area contributed by atoms with E-state index in [0.717, 1.165) is 6.26 Å². The number of benzene rings is 2. The normalized spacial score (nSPS) is 11.5.